The third-order valence-electron chi connectivity index (χ3n) is 6.73. The van der Waals surface area contributed by atoms with Crippen LogP contribution in [0.4, 0.5) is 0 Å². The first-order chi connectivity index (χ1) is 17.1. The summed E-state index contributed by atoms with van der Waals surface area (Å²) >= 11 is 0. The summed E-state index contributed by atoms with van der Waals surface area (Å²) < 4.78 is 11.3. The van der Waals surface area contributed by atoms with Crippen LogP contribution in [0.3, 0.4) is 0 Å². The van der Waals surface area contributed by atoms with Crippen LogP contribution in [0.2, 0.25) is 0 Å². The normalized spacial score (nSPS) is 23.1. The molecule has 2 aromatic rings. The Morgan fingerprint density at radius 3 is 2.66 bits per heavy atom. The lowest BCUT2D eigenvalue weighted by molar-refractivity contribution is -0.0163. The number of pyridine rings is 1. The minimum absolute atomic E-state index is 0.00512. The number of amides is 1. The molecule has 1 aromatic heterocycles. The average molecular weight is 484 g/mol. The lowest BCUT2D eigenvalue weighted by Crippen LogP contribution is -2.40. The fourth-order valence-electron chi connectivity index (χ4n) is 4.61. The van der Waals surface area contributed by atoms with Crippen molar-refractivity contribution in [3.8, 4) is 5.75 Å². The molecule has 35 heavy (non-hydrogen) atoms. The minimum atomic E-state index is -0.989. The second kappa shape index (κ2) is 13.0. The number of aliphatic hydroxyl groups excluding tert-OH is 2. The average Bonchev–Trinajstić information content (AvgIpc) is 2.90. The number of benzene rings is 1. The van der Waals surface area contributed by atoms with Crippen molar-refractivity contribution in [3.63, 3.8) is 0 Å². The first-order valence-electron chi connectivity index (χ1n) is 12.7. The second-order valence-corrected chi connectivity index (χ2v) is 9.37. The third kappa shape index (κ3) is 7.48. The highest BCUT2D eigenvalue weighted by molar-refractivity contribution is 5.94. The molecule has 3 heterocycles. The molecule has 1 aromatic carbocycles. The van der Waals surface area contributed by atoms with E-state index in [1.165, 1.54) is 0 Å². The van der Waals surface area contributed by atoms with E-state index in [-0.39, 0.29) is 12.5 Å². The molecule has 2 atom stereocenters. The second-order valence-electron chi connectivity index (χ2n) is 9.37. The van der Waals surface area contributed by atoms with Gasteiger partial charge < -0.3 is 24.6 Å². The number of hydrogen-bond donors (Lipinski definition) is 2. The first kappa shape index (κ1) is 25.6. The highest BCUT2D eigenvalue weighted by Crippen LogP contribution is 2.25. The first-order valence-corrected chi connectivity index (χ1v) is 12.7. The summed E-state index contributed by atoms with van der Waals surface area (Å²) in [6, 6.07) is 11.4. The monoisotopic (exact) mass is 483 g/mol. The molecule has 1 fully saturated rings. The fourth-order valence-corrected chi connectivity index (χ4v) is 4.61. The number of aliphatic hydroxyl groups is 2. The molecule has 0 unspecified atom stereocenters. The zero-order valence-corrected chi connectivity index (χ0v) is 20.3. The van der Waals surface area contributed by atoms with Gasteiger partial charge in [0.2, 0.25) is 0 Å². The summed E-state index contributed by atoms with van der Waals surface area (Å²) in [7, 11) is 0. The van der Waals surface area contributed by atoms with Crippen molar-refractivity contribution in [1.82, 2.24) is 14.8 Å². The minimum Gasteiger partial charge on any atom is -0.491 e. The van der Waals surface area contributed by atoms with E-state index in [0.29, 0.717) is 50.6 Å². The van der Waals surface area contributed by atoms with Gasteiger partial charge in [0.15, 0.2) is 0 Å². The van der Waals surface area contributed by atoms with Crippen LogP contribution in [0.5, 0.6) is 5.75 Å². The Bertz CT molecular complexity index is 936. The molecule has 1 amide bonds. The van der Waals surface area contributed by atoms with Gasteiger partial charge in [-0.05, 0) is 68.1 Å². The van der Waals surface area contributed by atoms with E-state index in [9.17, 15) is 15.0 Å². The topological polar surface area (TPSA) is 95.4 Å². The predicted octanol–water partition coefficient (Wildman–Crippen LogP) is 2.27. The van der Waals surface area contributed by atoms with Gasteiger partial charge in [-0.25, -0.2) is 0 Å². The molecule has 2 N–H and O–H groups in total. The highest BCUT2D eigenvalue weighted by atomic mass is 16.5. The standard InChI is InChI=1S/C27H37N3O5/c31-24-10-13-29(19-23-7-3-4-11-28-23)12-5-1-2-6-21-18-22(8-9-26(21)35-20-25(24)32)27(33)30-14-16-34-17-15-30/h3-4,7-9,11,18,24-25,31-32H,1-2,5-6,10,12-17,19-20H2/t24-,25+/m0/s1. The Morgan fingerprint density at radius 2 is 1.86 bits per heavy atom. The Labute approximate surface area is 207 Å². The number of carbonyl (C=O) groups is 1. The van der Waals surface area contributed by atoms with Crippen LogP contribution in [0.15, 0.2) is 42.6 Å². The maximum absolute atomic E-state index is 13.0. The van der Waals surface area contributed by atoms with E-state index in [0.717, 1.165) is 50.0 Å². The van der Waals surface area contributed by atoms with Gasteiger partial charge in [0.1, 0.15) is 18.5 Å². The molecule has 0 spiro atoms. The molecule has 8 nitrogen and oxygen atoms in total. The summed E-state index contributed by atoms with van der Waals surface area (Å²) in [5.41, 5.74) is 2.61. The Kier molecular flexibility index (Phi) is 9.48. The van der Waals surface area contributed by atoms with E-state index in [1.54, 1.807) is 12.3 Å². The summed E-state index contributed by atoms with van der Waals surface area (Å²) in [6.45, 7) is 4.64. The van der Waals surface area contributed by atoms with Crippen molar-refractivity contribution in [1.29, 1.82) is 0 Å². The fraction of sp³-hybridized carbons (Fsp3) is 0.556. The number of rotatable bonds is 3. The molecule has 0 aliphatic carbocycles. The zero-order valence-electron chi connectivity index (χ0n) is 20.3. The number of aromatic nitrogens is 1. The van der Waals surface area contributed by atoms with Gasteiger partial charge in [0.05, 0.1) is 25.0 Å². The van der Waals surface area contributed by atoms with E-state index >= 15 is 0 Å². The van der Waals surface area contributed by atoms with E-state index < -0.39 is 12.2 Å². The van der Waals surface area contributed by atoms with Crippen LogP contribution in [0, 0.1) is 0 Å². The van der Waals surface area contributed by atoms with Gasteiger partial charge in [-0.2, -0.15) is 0 Å². The Balaban J connectivity index is 1.44. The highest BCUT2D eigenvalue weighted by Gasteiger charge is 2.22. The summed E-state index contributed by atoms with van der Waals surface area (Å²) in [5, 5.41) is 21.1. The number of carbonyl (C=O) groups excluding carboxylic acids is 1. The zero-order chi connectivity index (χ0) is 24.5. The van der Waals surface area contributed by atoms with Crippen LogP contribution >= 0.6 is 0 Å². The van der Waals surface area contributed by atoms with Gasteiger partial charge in [-0.3, -0.25) is 14.7 Å². The van der Waals surface area contributed by atoms with Crippen molar-refractivity contribution in [2.24, 2.45) is 0 Å². The SMILES string of the molecule is O=C(c1ccc2c(c1)CCCCCN(Cc1ccccn1)CC[C@H](O)[C@H](O)CO2)N1CCOCC1. The molecular weight excluding hydrogens is 446 g/mol. The summed E-state index contributed by atoms with van der Waals surface area (Å²) in [4.78, 5) is 21.5. The number of ether oxygens (including phenoxy) is 2. The van der Waals surface area contributed by atoms with Gasteiger partial charge >= 0.3 is 0 Å². The van der Waals surface area contributed by atoms with Crippen LogP contribution in [-0.2, 0) is 17.7 Å². The predicted molar refractivity (Wildman–Crippen MR) is 132 cm³/mol. The van der Waals surface area contributed by atoms with E-state index in [1.807, 2.05) is 35.2 Å². The van der Waals surface area contributed by atoms with Crippen molar-refractivity contribution >= 4 is 5.91 Å². The lowest BCUT2D eigenvalue weighted by atomic mass is 10.0. The van der Waals surface area contributed by atoms with Crippen LogP contribution in [-0.4, -0.2) is 89.1 Å². The maximum atomic E-state index is 13.0. The number of aryl methyl sites for hydroxylation is 1. The largest absolute Gasteiger partial charge is 0.491 e. The van der Waals surface area contributed by atoms with Crippen molar-refractivity contribution in [2.75, 3.05) is 46.0 Å². The number of fused-ring (bicyclic) bond motifs is 1. The van der Waals surface area contributed by atoms with Crippen LogP contribution < -0.4 is 4.74 Å². The third-order valence-corrected chi connectivity index (χ3v) is 6.73. The summed E-state index contributed by atoms with van der Waals surface area (Å²) in [6.07, 6.45) is 4.22. The number of hydrogen-bond acceptors (Lipinski definition) is 7. The van der Waals surface area contributed by atoms with E-state index in [4.69, 9.17) is 9.47 Å². The molecule has 0 saturated carbocycles. The molecule has 0 radical (unpaired) electrons. The maximum Gasteiger partial charge on any atom is 0.254 e. The van der Waals surface area contributed by atoms with Gasteiger partial charge in [0, 0.05) is 37.9 Å². The number of morpholine rings is 1. The van der Waals surface area contributed by atoms with Crippen molar-refractivity contribution in [2.45, 2.75) is 50.9 Å². The van der Waals surface area contributed by atoms with E-state index in [2.05, 4.69) is 9.88 Å². The molecule has 2 aliphatic heterocycles. The Hall–Kier alpha value is -2.52. The lowest BCUT2D eigenvalue weighted by Gasteiger charge is -2.27. The molecule has 190 valence electrons. The van der Waals surface area contributed by atoms with Gasteiger partial charge in [-0.15, -0.1) is 0 Å². The van der Waals surface area contributed by atoms with Crippen molar-refractivity contribution in [3.05, 3.63) is 59.4 Å². The molecule has 0 bridgehead atoms. The van der Waals surface area contributed by atoms with Gasteiger partial charge in [0.25, 0.3) is 5.91 Å². The molecule has 1 saturated heterocycles. The number of nitrogens with zero attached hydrogens (tertiary/aromatic N) is 3. The molecule has 4 rings (SSSR count). The smallest absolute Gasteiger partial charge is 0.254 e. The van der Waals surface area contributed by atoms with Gasteiger partial charge in [-0.1, -0.05) is 12.5 Å². The van der Waals surface area contributed by atoms with Crippen molar-refractivity contribution < 1.29 is 24.5 Å². The molecule has 8 heteroatoms. The molecule has 2 aliphatic rings. The Morgan fingerprint density at radius 1 is 1.00 bits per heavy atom. The van der Waals surface area contributed by atoms with Crippen LogP contribution in [0.1, 0.15) is 47.3 Å². The molecular formula is C27H37N3O5. The summed E-state index contributed by atoms with van der Waals surface area (Å²) in [5.74, 6) is 0.680. The van der Waals surface area contributed by atoms with Crippen LogP contribution in [0.25, 0.3) is 0 Å². The quantitative estimate of drug-likeness (QED) is 0.692.